The van der Waals surface area contributed by atoms with E-state index in [1.807, 2.05) is 39.0 Å². The summed E-state index contributed by atoms with van der Waals surface area (Å²) in [6, 6.07) is 5.73. The number of methoxy groups -OCH3 is 2. The lowest BCUT2D eigenvalue weighted by Crippen LogP contribution is -2.47. The average molecular weight is 339 g/mol. The van der Waals surface area contributed by atoms with E-state index in [0.29, 0.717) is 30.9 Å². The molecule has 136 valence electrons. The highest BCUT2D eigenvalue weighted by Crippen LogP contribution is 2.28. The van der Waals surface area contributed by atoms with Crippen LogP contribution >= 0.6 is 0 Å². The third-order valence-corrected chi connectivity index (χ3v) is 3.63. The molecule has 0 aliphatic rings. The Balaban J connectivity index is 2.76. The molecule has 0 saturated heterocycles. The molecule has 1 aromatic rings. The molecular weight excluding hydrogens is 310 g/mol. The number of nitrogens with zero attached hydrogens (tertiary/aromatic N) is 1. The van der Waals surface area contributed by atoms with E-state index in [2.05, 4.69) is 0 Å². The number of carbonyl (C=O) groups is 1. The first-order valence-corrected chi connectivity index (χ1v) is 8.09. The van der Waals surface area contributed by atoms with Crippen molar-refractivity contribution in [2.24, 2.45) is 0 Å². The molecule has 0 atom stereocenters. The molecule has 1 rings (SSSR count). The minimum absolute atomic E-state index is 0.00837. The molecule has 0 spiro atoms. The van der Waals surface area contributed by atoms with Crippen LogP contribution in [0, 0.1) is 0 Å². The van der Waals surface area contributed by atoms with Crippen LogP contribution in [0.15, 0.2) is 18.2 Å². The molecule has 0 heterocycles. The predicted octanol–water partition coefficient (Wildman–Crippen LogP) is 2.87. The number of hydrogen-bond acceptors (Lipinski definition) is 5. The van der Waals surface area contributed by atoms with Gasteiger partial charge in [-0.1, -0.05) is 6.07 Å². The van der Waals surface area contributed by atoms with Crippen molar-refractivity contribution in [3.63, 3.8) is 0 Å². The quantitative estimate of drug-likeness (QED) is 0.738. The van der Waals surface area contributed by atoms with Crippen molar-refractivity contribution < 1.29 is 24.1 Å². The number of amides is 1. The Kier molecular flexibility index (Phi) is 7.85. The molecule has 0 unspecified atom stereocenters. The number of aliphatic hydroxyl groups is 1. The van der Waals surface area contributed by atoms with Gasteiger partial charge in [0.1, 0.15) is 0 Å². The number of carbonyl (C=O) groups excluding carboxylic acids is 1. The fourth-order valence-electron chi connectivity index (χ4n) is 2.28. The van der Waals surface area contributed by atoms with Gasteiger partial charge in [-0.15, -0.1) is 0 Å². The van der Waals surface area contributed by atoms with Gasteiger partial charge in [0.2, 0.25) is 0 Å². The van der Waals surface area contributed by atoms with Gasteiger partial charge in [0.25, 0.3) is 0 Å². The van der Waals surface area contributed by atoms with Crippen molar-refractivity contribution in [3.05, 3.63) is 23.8 Å². The van der Waals surface area contributed by atoms with E-state index >= 15 is 0 Å². The lowest BCUT2D eigenvalue weighted by molar-refractivity contribution is 0.0643. The van der Waals surface area contributed by atoms with Crippen molar-refractivity contribution in [2.45, 2.75) is 39.2 Å². The highest BCUT2D eigenvalue weighted by molar-refractivity contribution is 5.68. The lowest BCUT2D eigenvalue weighted by atomic mass is 10.0. The first-order valence-electron chi connectivity index (χ1n) is 8.09. The van der Waals surface area contributed by atoms with Gasteiger partial charge in [-0.05, 0) is 44.9 Å². The summed E-state index contributed by atoms with van der Waals surface area (Å²) in [5.74, 6) is 1.35. The van der Waals surface area contributed by atoms with E-state index in [1.165, 1.54) is 0 Å². The van der Waals surface area contributed by atoms with Crippen LogP contribution in [-0.4, -0.2) is 55.6 Å². The zero-order valence-corrected chi connectivity index (χ0v) is 15.3. The number of rotatable bonds is 8. The molecule has 0 bridgehead atoms. The summed E-state index contributed by atoms with van der Waals surface area (Å²) in [4.78, 5) is 14.0. The van der Waals surface area contributed by atoms with Crippen LogP contribution in [0.3, 0.4) is 0 Å². The predicted molar refractivity (Wildman–Crippen MR) is 92.8 cm³/mol. The second-order valence-corrected chi connectivity index (χ2v) is 6.45. The largest absolute Gasteiger partial charge is 0.493 e. The Labute approximate surface area is 144 Å². The summed E-state index contributed by atoms with van der Waals surface area (Å²) in [7, 11) is 3.20. The van der Waals surface area contributed by atoms with Crippen molar-refractivity contribution in [1.29, 1.82) is 0 Å². The van der Waals surface area contributed by atoms with Gasteiger partial charge in [0.15, 0.2) is 11.5 Å². The summed E-state index contributed by atoms with van der Waals surface area (Å²) < 4.78 is 15.8. The minimum Gasteiger partial charge on any atom is -0.493 e. The first-order chi connectivity index (χ1) is 11.3. The number of aliphatic hydroxyl groups excluding tert-OH is 1. The normalized spacial score (nSPS) is 11.1. The average Bonchev–Trinajstić information content (AvgIpc) is 2.53. The summed E-state index contributed by atoms with van der Waals surface area (Å²) in [5, 5.41) is 8.79. The smallest absolute Gasteiger partial charge is 0.410 e. The zero-order valence-electron chi connectivity index (χ0n) is 15.3. The van der Waals surface area contributed by atoms with Gasteiger partial charge < -0.3 is 24.2 Å². The molecule has 0 saturated carbocycles. The van der Waals surface area contributed by atoms with Crippen LogP contribution in [0.1, 0.15) is 32.8 Å². The number of ether oxygens (including phenoxy) is 3. The third kappa shape index (κ3) is 5.92. The molecular formula is C18H29NO5. The van der Waals surface area contributed by atoms with Crippen molar-refractivity contribution in [2.75, 3.05) is 34.0 Å². The zero-order chi connectivity index (χ0) is 18.2. The Morgan fingerprint density at radius 3 is 2.38 bits per heavy atom. The highest BCUT2D eigenvalue weighted by Gasteiger charge is 2.27. The molecule has 24 heavy (non-hydrogen) atoms. The van der Waals surface area contributed by atoms with Crippen molar-refractivity contribution >= 4 is 6.09 Å². The van der Waals surface area contributed by atoms with Crippen LogP contribution in [0.4, 0.5) is 4.79 Å². The summed E-state index contributed by atoms with van der Waals surface area (Å²) >= 11 is 0. The Bertz CT molecular complexity index is 525. The van der Waals surface area contributed by atoms with Gasteiger partial charge in [-0.2, -0.15) is 0 Å². The molecule has 0 aromatic heterocycles. The van der Waals surface area contributed by atoms with Gasteiger partial charge >= 0.3 is 6.09 Å². The molecule has 1 N–H and O–H groups in total. The summed E-state index contributed by atoms with van der Waals surface area (Å²) in [6.45, 7) is 6.66. The van der Waals surface area contributed by atoms with Crippen LogP contribution < -0.4 is 9.47 Å². The molecule has 0 fully saturated rings. The van der Waals surface area contributed by atoms with E-state index in [9.17, 15) is 4.79 Å². The highest BCUT2D eigenvalue weighted by atomic mass is 16.6. The lowest BCUT2D eigenvalue weighted by Gasteiger charge is -2.34. The van der Waals surface area contributed by atoms with Gasteiger partial charge in [-0.25, -0.2) is 4.79 Å². The van der Waals surface area contributed by atoms with Crippen LogP contribution in [0.25, 0.3) is 0 Å². The molecule has 1 amide bonds. The Hall–Kier alpha value is -1.95. The maximum Gasteiger partial charge on any atom is 0.410 e. The monoisotopic (exact) mass is 339 g/mol. The van der Waals surface area contributed by atoms with Crippen LogP contribution in [0.2, 0.25) is 0 Å². The molecule has 1 aromatic carbocycles. The first kappa shape index (κ1) is 20.1. The van der Waals surface area contributed by atoms with Gasteiger partial charge in [0.05, 0.1) is 20.8 Å². The van der Waals surface area contributed by atoms with E-state index in [1.54, 1.807) is 19.1 Å². The number of benzene rings is 1. The minimum atomic E-state index is -0.364. The maximum atomic E-state index is 12.3. The van der Waals surface area contributed by atoms with E-state index < -0.39 is 0 Å². The molecule has 0 radical (unpaired) electrons. The molecule has 6 nitrogen and oxygen atoms in total. The molecule has 0 aliphatic carbocycles. The maximum absolute atomic E-state index is 12.3. The Morgan fingerprint density at radius 2 is 1.83 bits per heavy atom. The van der Waals surface area contributed by atoms with Gasteiger partial charge in [0, 0.05) is 25.1 Å². The standard InChI is InChI=1S/C18H29NO5/c1-18(2,3)19(17(21)24-12-6-11-20)10-9-14-7-8-15(22-4)16(13-14)23-5/h7-8,13,20H,6,9-12H2,1-5H3. The van der Waals surface area contributed by atoms with Crippen molar-refractivity contribution in [1.82, 2.24) is 4.90 Å². The molecule has 6 heteroatoms. The Morgan fingerprint density at radius 1 is 1.17 bits per heavy atom. The number of hydrogen-bond donors (Lipinski definition) is 1. The molecule has 0 aliphatic heterocycles. The SMILES string of the molecule is COc1ccc(CCN(C(=O)OCCCO)C(C)(C)C)cc1OC. The summed E-state index contributed by atoms with van der Waals surface area (Å²) in [5.41, 5.74) is 0.692. The fraction of sp³-hybridized carbons (Fsp3) is 0.611. The summed E-state index contributed by atoms with van der Waals surface area (Å²) in [6.07, 6.45) is 0.753. The van der Waals surface area contributed by atoms with Gasteiger partial charge in [-0.3, -0.25) is 0 Å². The second-order valence-electron chi connectivity index (χ2n) is 6.45. The fourth-order valence-corrected chi connectivity index (χ4v) is 2.28. The van der Waals surface area contributed by atoms with Crippen molar-refractivity contribution in [3.8, 4) is 11.5 Å². The second kappa shape index (κ2) is 9.37. The van der Waals surface area contributed by atoms with E-state index in [4.69, 9.17) is 19.3 Å². The van der Waals surface area contributed by atoms with Crippen LogP contribution in [0.5, 0.6) is 11.5 Å². The third-order valence-electron chi connectivity index (χ3n) is 3.63. The van der Waals surface area contributed by atoms with E-state index in [-0.39, 0.29) is 24.8 Å². The van der Waals surface area contributed by atoms with Crippen LogP contribution in [-0.2, 0) is 11.2 Å². The van der Waals surface area contributed by atoms with E-state index in [0.717, 1.165) is 5.56 Å². The topological polar surface area (TPSA) is 68.2 Å².